The standard InChI is InChI=1S/C15H20N2O2/c1-10(16)14-9-17(6-7-19-14)15(18)13-8-11-4-2-3-5-12(11)13/h2-5,10,13-14H,6-9,16H2,1H3. The second-order valence-corrected chi connectivity index (χ2v) is 5.51. The average Bonchev–Trinajstić information content (AvgIpc) is 2.40. The van der Waals surface area contributed by atoms with Gasteiger partial charge >= 0.3 is 0 Å². The molecule has 19 heavy (non-hydrogen) atoms. The van der Waals surface area contributed by atoms with Crippen molar-refractivity contribution in [2.24, 2.45) is 5.73 Å². The summed E-state index contributed by atoms with van der Waals surface area (Å²) in [4.78, 5) is 14.5. The summed E-state index contributed by atoms with van der Waals surface area (Å²) in [5, 5.41) is 0. The monoisotopic (exact) mass is 260 g/mol. The predicted molar refractivity (Wildman–Crippen MR) is 72.9 cm³/mol. The van der Waals surface area contributed by atoms with Crippen LogP contribution in [-0.2, 0) is 16.0 Å². The summed E-state index contributed by atoms with van der Waals surface area (Å²) < 4.78 is 5.60. The Morgan fingerprint density at radius 3 is 3.00 bits per heavy atom. The number of amides is 1. The van der Waals surface area contributed by atoms with Crippen LogP contribution in [0, 0.1) is 0 Å². The van der Waals surface area contributed by atoms with Gasteiger partial charge in [0, 0.05) is 19.1 Å². The van der Waals surface area contributed by atoms with Gasteiger partial charge < -0.3 is 15.4 Å². The lowest BCUT2D eigenvalue weighted by Crippen LogP contribution is -2.53. The quantitative estimate of drug-likeness (QED) is 0.859. The molecule has 0 radical (unpaired) electrons. The first-order valence-corrected chi connectivity index (χ1v) is 6.90. The molecule has 1 aromatic carbocycles. The van der Waals surface area contributed by atoms with Crippen molar-refractivity contribution in [2.75, 3.05) is 19.7 Å². The van der Waals surface area contributed by atoms with Crippen LogP contribution in [0.1, 0.15) is 24.0 Å². The first-order valence-electron chi connectivity index (χ1n) is 6.90. The molecule has 0 aromatic heterocycles. The van der Waals surface area contributed by atoms with E-state index in [1.807, 2.05) is 24.0 Å². The number of fused-ring (bicyclic) bond motifs is 1. The molecule has 2 aliphatic rings. The molecule has 3 atom stereocenters. The minimum Gasteiger partial charge on any atom is -0.373 e. The Hall–Kier alpha value is -1.39. The van der Waals surface area contributed by atoms with Gasteiger partial charge in [-0.05, 0) is 24.5 Å². The van der Waals surface area contributed by atoms with Gasteiger partial charge in [0.25, 0.3) is 0 Å². The number of hydrogen-bond acceptors (Lipinski definition) is 3. The van der Waals surface area contributed by atoms with E-state index in [9.17, 15) is 4.79 Å². The number of nitrogens with two attached hydrogens (primary N) is 1. The van der Waals surface area contributed by atoms with E-state index in [0.29, 0.717) is 19.7 Å². The summed E-state index contributed by atoms with van der Waals surface area (Å²) in [5.74, 6) is 0.274. The van der Waals surface area contributed by atoms with Gasteiger partial charge in [0.05, 0.1) is 18.6 Å². The van der Waals surface area contributed by atoms with E-state index in [2.05, 4.69) is 12.1 Å². The fraction of sp³-hybridized carbons (Fsp3) is 0.533. The second kappa shape index (κ2) is 4.94. The summed E-state index contributed by atoms with van der Waals surface area (Å²) in [6.07, 6.45) is 0.836. The summed E-state index contributed by atoms with van der Waals surface area (Å²) in [7, 11) is 0. The van der Waals surface area contributed by atoms with Gasteiger partial charge in [-0.15, -0.1) is 0 Å². The van der Waals surface area contributed by atoms with Crippen LogP contribution in [0.25, 0.3) is 0 Å². The highest BCUT2D eigenvalue weighted by molar-refractivity contribution is 5.87. The van der Waals surface area contributed by atoms with Crippen molar-refractivity contribution < 1.29 is 9.53 Å². The molecule has 2 N–H and O–H groups in total. The van der Waals surface area contributed by atoms with Crippen molar-refractivity contribution in [1.82, 2.24) is 4.90 Å². The van der Waals surface area contributed by atoms with Crippen molar-refractivity contribution in [3.8, 4) is 0 Å². The number of ether oxygens (including phenoxy) is 1. The minimum atomic E-state index is -0.0377. The molecule has 0 saturated carbocycles. The maximum Gasteiger partial charge on any atom is 0.230 e. The number of rotatable bonds is 2. The van der Waals surface area contributed by atoms with Gasteiger partial charge in [-0.1, -0.05) is 24.3 Å². The van der Waals surface area contributed by atoms with Gasteiger partial charge in [-0.2, -0.15) is 0 Å². The summed E-state index contributed by atoms with van der Waals surface area (Å²) in [6, 6.07) is 8.15. The molecular weight excluding hydrogens is 240 g/mol. The van der Waals surface area contributed by atoms with Crippen LogP contribution in [-0.4, -0.2) is 42.6 Å². The molecule has 4 nitrogen and oxygen atoms in total. The fourth-order valence-electron chi connectivity index (χ4n) is 2.89. The number of nitrogens with zero attached hydrogens (tertiary/aromatic N) is 1. The molecule has 102 valence electrons. The van der Waals surface area contributed by atoms with Gasteiger partial charge in [-0.3, -0.25) is 4.79 Å². The average molecular weight is 260 g/mol. The van der Waals surface area contributed by atoms with Crippen molar-refractivity contribution in [3.63, 3.8) is 0 Å². The highest BCUT2D eigenvalue weighted by atomic mass is 16.5. The van der Waals surface area contributed by atoms with Gasteiger partial charge in [0.15, 0.2) is 0 Å². The first kappa shape index (κ1) is 12.6. The van der Waals surface area contributed by atoms with E-state index >= 15 is 0 Å². The third-order valence-electron chi connectivity index (χ3n) is 4.14. The molecule has 4 heteroatoms. The first-order chi connectivity index (χ1) is 9.16. The summed E-state index contributed by atoms with van der Waals surface area (Å²) in [5.41, 5.74) is 8.36. The van der Waals surface area contributed by atoms with E-state index in [1.165, 1.54) is 11.1 Å². The fourth-order valence-corrected chi connectivity index (χ4v) is 2.89. The number of carbonyl (C=O) groups is 1. The normalized spacial score (nSPS) is 27.4. The number of benzene rings is 1. The minimum absolute atomic E-state index is 0.0342. The Morgan fingerprint density at radius 1 is 1.47 bits per heavy atom. The SMILES string of the molecule is CC(N)C1CN(C(=O)C2Cc3ccccc32)CCO1. The van der Waals surface area contributed by atoms with Crippen LogP contribution in [0.3, 0.4) is 0 Å². The van der Waals surface area contributed by atoms with Crippen LogP contribution >= 0.6 is 0 Å². The van der Waals surface area contributed by atoms with Crippen LogP contribution in [0.2, 0.25) is 0 Å². The Morgan fingerprint density at radius 2 is 2.26 bits per heavy atom. The molecule has 3 rings (SSSR count). The number of morpholine rings is 1. The predicted octanol–water partition coefficient (Wildman–Crippen LogP) is 0.901. The zero-order valence-electron chi connectivity index (χ0n) is 11.2. The van der Waals surface area contributed by atoms with Crippen molar-refractivity contribution in [1.29, 1.82) is 0 Å². The van der Waals surface area contributed by atoms with Crippen molar-refractivity contribution >= 4 is 5.91 Å². The Balaban J connectivity index is 1.69. The molecule has 1 aromatic rings. The molecule has 1 amide bonds. The maximum atomic E-state index is 12.5. The highest BCUT2D eigenvalue weighted by Gasteiger charge is 2.36. The molecule has 1 aliphatic heterocycles. The zero-order valence-corrected chi connectivity index (χ0v) is 11.2. The molecule has 0 spiro atoms. The maximum absolute atomic E-state index is 12.5. The third kappa shape index (κ3) is 2.26. The van der Waals surface area contributed by atoms with E-state index in [1.54, 1.807) is 0 Å². The lowest BCUT2D eigenvalue weighted by molar-refractivity contribution is -0.141. The van der Waals surface area contributed by atoms with Crippen LogP contribution in [0.5, 0.6) is 0 Å². The highest BCUT2D eigenvalue weighted by Crippen LogP contribution is 2.36. The number of hydrogen-bond donors (Lipinski definition) is 1. The largest absolute Gasteiger partial charge is 0.373 e. The molecule has 1 aliphatic carbocycles. The molecule has 0 bridgehead atoms. The van der Waals surface area contributed by atoms with Gasteiger partial charge in [0.2, 0.25) is 5.91 Å². The molecular formula is C15H20N2O2. The molecule has 3 unspecified atom stereocenters. The second-order valence-electron chi connectivity index (χ2n) is 5.51. The van der Waals surface area contributed by atoms with E-state index in [0.717, 1.165) is 6.42 Å². The lowest BCUT2D eigenvalue weighted by Gasteiger charge is -2.39. The smallest absolute Gasteiger partial charge is 0.230 e. The van der Waals surface area contributed by atoms with E-state index in [-0.39, 0.29) is 24.0 Å². The Bertz CT molecular complexity index is 487. The molecule has 1 saturated heterocycles. The van der Waals surface area contributed by atoms with Crippen LogP contribution in [0.4, 0.5) is 0 Å². The van der Waals surface area contributed by atoms with Gasteiger partial charge in [0.1, 0.15) is 0 Å². The lowest BCUT2D eigenvalue weighted by atomic mass is 9.76. The van der Waals surface area contributed by atoms with Crippen molar-refractivity contribution in [3.05, 3.63) is 35.4 Å². The third-order valence-corrected chi connectivity index (χ3v) is 4.14. The molecule has 1 fully saturated rings. The van der Waals surface area contributed by atoms with Crippen LogP contribution < -0.4 is 5.73 Å². The Kier molecular flexibility index (Phi) is 3.29. The topological polar surface area (TPSA) is 55.6 Å². The molecule has 1 heterocycles. The number of carbonyl (C=O) groups excluding carboxylic acids is 1. The summed E-state index contributed by atoms with van der Waals surface area (Å²) >= 11 is 0. The Labute approximate surface area is 113 Å². The van der Waals surface area contributed by atoms with Crippen molar-refractivity contribution in [2.45, 2.75) is 31.4 Å². The summed E-state index contributed by atoms with van der Waals surface area (Å²) in [6.45, 7) is 3.82. The van der Waals surface area contributed by atoms with Crippen LogP contribution in [0.15, 0.2) is 24.3 Å². The van der Waals surface area contributed by atoms with E-state index in [4.69, 9.17) is 10.5 Å². The van der Waals surface area contributed by atoms with E-state index < -0.39 is 0 Å². The zero-order chi connectivity index (χ0) is 13.4. The van der Waals surface area contributed by atoms with Gasteiger partial charge in [-0.25, -0.2) is 0 Å².